The molecule has 0 heterocycles. The Morgan fingerprint density at radius 3 is 2.38 bits per heavy atom. The van der Waals surface area contributed by atoms with Crippen LogP contribution in [-0.4, -0.2) is 11.1 Å². The molecule has 0 radical (unpaired) electrons. The average Bonchev–Trinajstić information content (AvgIpc) is 2.46. The minimum absolute atomic E-state index is 0.0603. The highest BCUT2D eigenvalue weighted by Crippen LogP contribution is 2.31. The molecular formula is C18H21NO2. The SMILES string of the molecule is CC(C)c1ccc(C(N)CC(=O)O)cc1-c1ccccc1. The van der Waals surface area contributed by atoms with Crippen molar-refractivity contribution in [2.75, 3.05) is 0 Å². The van der Waals surface area contributed by atoms with E-state index in [1.165, 1.54) is 5.56 Å². The maximum Gasteiger partial charge on any atom is 0.305 e. The third-order valence-electron chi connectivity index (χ3n) is 3.61. The lowest BCUT2D eigenvalue weighted by Crippen LogP contribution is -2.15. The summed E-state index contributed by atoms with van der Waals surface area (Å²) in [6.07, 6.45) is -0.0603. The molecule has 0 spiro atoms. The molecule has 2 aromatic carbocycles. The normalized spacial score (nSPS) is 12.4. The highest BCUT2D eigenvalue weighted by atomic mass is 16.4. The zero-order chi connectivity index (χ0) is 15.4. The van der Waals surface area contributed by atoms with E-state index in [0.29, 0.717) is 5.92 Å². The van der Waals surface area contributed by atoms with Gasteiger partial charge in [-0.2, -0.15) is 0 Å². The molecule has 0 saturated carbocycles. The maximum absolute atomic E-state index is 10.8. The molecule has 0 saturated heterocycles. The first kappa shape index (κ1) is 15.3. The molecule has 2 rings (SSSR count). The first-order chi connectivity index (χ1) is 9.99. The van der Waals surface area contributed by atoms with Crippen LogP contribution in [0.1, 0.15) is 43.4 Å². The number of hydrogen-bond donors (Lipinski definition) is 2. The van der Waals surface area contributed by atoms with Crippen molar-refractivity contribution < 1.29 is 9.90 Å². The fourth-order valence-corrected chi connectivity index (χ4v) is 2.48. The number of nitrogens with two attached hydrogens (primary N) is 1. The van der Waals surface area contributed by atoms with Crippen LogP contribution < -0.4 is 5.73 Å². The van der Waals surface area contributed by atoms with Gasteiger partial charge in [0.05, 0.1) is 6.42 Å². The van der Waals surface area contributed by atoms with Crippen molar-refractivity contribution in [3.63, 3.8) is 0 Å². The maximum atomic E-state index is 10.8. The summed E-state index contributed by atoms with van der Waals surface area (Å²) < 4.78 is 0. The predicted molar refractivity (Wildman–Crippen MR) is 85.1 cm³/mol. The molecule has 0 bridgehead atoms. The molecule has 1 atom stereocenters. The molecule has 3 N–H and O–H groups in total. The molecule has 0 aliphatic rings. The van der Waals surface area contributed by atoms with Crippen LogP contribution >= 0.6 is 0 Å². The van der Waals surface area contributed by atoms with Crippen molar-refractivity contribution >= 4 is 5.97 Å². The number of carbonyl (C=O) groups is 1. The second-order valence-corrected chi connectivity index (χ2v) is 5.57. The van der Waals surface area contributed by atoms with Crippen molar-refractivity contribution in [2.45, 2.75) is 32.2 Å². The minimum atomic E-state index is -0.878. The standard InChI is InChI=1S/C18H21NO2/c1-12(2)15-9-8-14(17(19)11-18(20)21)10-16(15)13-6-4-3-5-7-13/h3-10,12,17H,11,19H2,1-2H3,(H,20,21). The van der Waals surface area contributed by atoms with Gasteiger partial charge in [-0.3, -0.25) is 4.79 Å². The average molecular weight is 283 g/mol. The summed E-state index contributed by atoms with van der Waals surface area (Å²) in [6, 6.07) is 15.7. The van der Waals surface area contributed by atoms with E-state index in [1.807, 2.05) is 30.3 Å². The molecule has 0 fully saturated rings. The Morgan fingerprint density at radius 2 is 1.81 bits per heavy atom. The first-order valence-corrected chi connectivity index (χ1v) is 7.15. The molecule has 0 aliphatic carbocycles. The van der Waals surface area contributed by atoms with E-state index < -0.39 is 12.0 Å². The number of carboxylic acids is 1. The Kier molecular flexibility index (Phi) is 4.76. The monoisotopic (exact) mass is 283 g/mol. The molecule has 0 amide bonds. The number of hydrogen-bond acceptors (Lipinski definition) is 2. The Hall–Kier alpha value is -2.13. The van der Waals surface area contributed by atoms with E-state index in [1.54, 1.807) is 0 Å². The number of rotatable bonds is 5. The van der Waals surface area contributed by atoms with Gasteiger partial charge < -0.3 is 10.8 Å². The Balaban J connectivity index is 2.47. The lowest BCUT2D eigenvalue weighted by molar-refractivity contribution is -0.137. The van der Waals surface area contributed by atoms with Gasteiger partial charge in [0.15, 0.2) is 0 Å². The number of aliphatic carboxylic acids is 1. The zero-order valence-corrected chi connectivity index (χ0v) is 12.4. The van der Waals surface area contributed by atoms with Crippen LogP contribution in [0.25, 0.3) is 11.1 Å². The fraction of sp³-hybridized carbons (Fsp3) is 0.278. The van der Waals surface area contributed by atoms with Gasteiger partial charge in [0.1, 0.15) is 0 Å². The van der Waals surface area contributed by atoms with Gasteiger partial charge in [-0.25, -0.2) is 0 Å². The molecule has 3 nitrogen and oxygen atoms in total. The van der Waals surface area contributed by atoms with Gasteiger partial charge in [-0.05, 0) is 34.2 Å². The van der Waals surface area contributed by atoms with Crippen LogP contribution in [0.3, 0.4) is 0 Å². The van der Waals surface area contributed by atoms with Crippen LogP contribution in [0.4, 0.5) is 0 Å². The van der Waals surface area contributed by atoms with E-state index in [0.717, 1.165) is 16.7 Å². The summed E-state index contributed by atoms with van der Waals surface area (Å²) in [5.41, 5.74) is 10.4. The summed E-state index contributed by atoms with van der Waals surface area (Å²) in [7, 11) is 0. The summed E-state index contributed by atoms with van der Waals surface area (Å²) >= 11 is 0. The largest absolute Gasteiger partial charge is 0.481 e. The van der Waals surface area contributed by atoms with E-state index >= 15 is 0 Å². The van der Waals surface area contributed by atoms with Crippen LogP contribution in [-0.2, 0) is 4.79 Å². The van der Waals surface area contributed by atoms with E-state index in [9.17, 15) is 4.79 Å². The number of benzene rings is 2. The van der Waals surface area contributed by atoms with Crippen LogP contribution in [0.15, 0.2) is 48.5 Å². The van der Waals surface area contributed by atoms with Crippen molar-refractivity contribution in [2.24, 2.45) is 5.73 Å². The molecule has 3 heteroatoms. The fourth-order valence-electron chi connectivity index (χ4n) is 2.48. The second-order valence-electron chi connectivity index (χ2n) is 5.57. The van der Waals surface area contributed by atoms with Gasteiger partial charge in [0.2, 0.25) is 0 Å². The van der Waals surface area contributed by atoms with Crippen LogP contribution in [0.2, 0.25) is 0 Å². The molecular weight excluding hydrogens is 262 g/mol. The van der Waals surface area contributed by atoms with E-state index in [-0.39, 0.29) is 6.42 Å². The van der Waals surface area contributed by atoms with Gasteiger partial charge in [0, 0.05) is 6.04 Å². The molecule has 110 valence electrons. The van der Waals surface area contributed by atoms with Gasteiger partial charge >= 0.3 is 5.97 Å². The first-order valence-electron chi connectivity index (χ1n) is 7.15. The lowest BCUT2D eigenvalue weighted by atomic mass is 9.89. The van der Waals surface area contributed by atoms with Gasteiger partial charge in [-0.1, -0.05) is 56.3 Å². The minimum Gasteiger partial charge on any atom is -0.481 e. The smallest absolute Gasteiger partial charge is 0.305 e. The molecule has 0 aromatic heterocycles. The molecule has 1 unspecified atom stereocenters. The van der Waals surface area contributed by atoms with Crippen molar-refractivity contribution in [3.8, 4) is 11.1 Å². The van der Waals surface area contributed by atoms with Crippen LogP contribution in [0, 0.1) is 0 Å². The molecule has 21 heavy (non-hydrogen) atoms. The predicted octanol–water partition coefficient (Wildman–Crippen LogP) is 3.95. The second kappa shape index (κ2) is 6.55. The van der Waals surface area contributed by atoms with Crippen molar-refractivity contribution in [3.05, 3.63) is 59.7 Å². The highest BCUT2D eigenvalue weighted by molar-refractivity contribution is 5.70. The molecule has 2 aromatic rings. The summed E-state index contributed by atoms with van der Waals surface area (Å²) in [6.45, 7) is 4.30. The van der Waals surface area contributed by atoms with Crippen molar-refractivity contribution in [1.29, 1.82) is 0 Å². The highest BCUT2D eigenvalue weighted by Gasteiger charge is 2.15. The molecule has 0 aliphatic heterocycles. The lowest BCUT2D eigenvalue weighted by Gasteiger charge is -2.17. The zero-order valence-electron chi connectivity index (χ0n) is 12.4. The quantitative estimate of drug-likeness (QED) is 0.873. The summed E-state index contributed by atoms with van der Waals surface area (Å²) in [4.78, 5) is 10.8. The van der Waals surface area contributed by atoms with Crippen molar-refractivity contribution in [1.82, 2.24) is 0 Å². The topological polar surface area (TPSA) is 63.3 Å². The van der Waals surface area contributed by atoms with E-state index in [2.05, 4.69) is 32.0 Å². The third-order valence-corrected chi connectivity index (χ3v) is 3.61. The Labute approximate surface area is 125 Å². The van der Waals surface area contributed by atoms with E-state index in [4.69, 9.17) is 10.8 Å². The third kappa shape index (κ3) is 3.70. The summed E-state index contributed by atoms with van der Waals surface area (Å²) in [5.74, 6) is -0.485. The Bertz CT molecular complexity index is 620. The van der Waals surface area contributed by atoms with Crippen LogP contribution in [0.5, 0.6) is 0 Å². The Morgan fingerprint density at radius 1 is 1.14 bits per heavy atom. The van der Waals surface area contributed by atoms with Gasteiger partial charge in [0.25, 0.3) is 0 Å². The van der Waals surface area contributed by atoms with Gasteiger partial charge in [-0.15, -0.1) is 0 Å². The number of carboxylic acid groups (broad SMARTS) is 1. The summed E-state index contributed by atoms with van der Waals surface area (Å²) in [5, 5.41) is 8.89.